The van der Waals surface area contributed by atoms with Gasteiger partial charge in [0, 0.05) is 0 Å². The highest BCUT2D eigenvalue weighted by Gasteiger charge is 2.15. The summed E-state index contributed by atoms with van der Waals surface area (Å²) in [5.41, 5.74) is 4.22. The molecule has 3 aromatic rings. The van der Waals surface area contributed by atoms with Crippen molar-refractivity contribution < 1.29 is 9.53 Å². The summed E-state index contributed by atoms with van der Waals surface area (Å²) in [6, 6.07) is 16.9. The van der Waals surface area contributed by atoms with Crippen molar-refractivity contribution in [2.45, 2.75) is 12.8 Å². The van der Waals surface area contributed by atoms with Crippen molar-refractivity contribution in [2.24, 2.45) is 5.10 Å². The van der Waals surface area contributed by atoms with E-state index in [0.29, 0.717) is 10.0 Å². The molecule has 0 aromatic heterocycles. The topological polar surface area (TPSA) is 50.7 Å². The first kappa shape index (κ1) is 19.2. The fraction of sp³-hybridized carbons (Fsp3) is 0.143. The third kappa shape index (κ3) is 4.59. The number of carbonyl (C=O) groups excluding carboxylic acids is 1. The molecular weight excluding hydrogens is 383 g/mol. The second kappa shape index (κ2) is 8.42. The number of ether oxygens (including phenoxy) is 1. The van der Waals surface area contributed by atoms with Crippen molar-refractivity contribution in [1.82, 2.24) is 5.43 Å². The van der Waals surface area contributed by atoms with Gasteiger partial charge in [-0.05, 0) is 53.1 Å². The normalized spacial score (nSPS) is 12.3. The predicted molar refractivity (Wildman–Crippen MR) is 111 cm³/mol. The van der Waals surface area contributed by atoms with Crippen LogP contribution < -0.4 is 10.2 Å². The van der Waals surface area contributed by atoms with Crippen molar-refractivity contribution in [1.29, 1.82) is 0 Å². The van der Waals surface area contributed by atoms with E-state index in [2.05, 4.69) is 10.5 Å². The maximum absolute atomic E-state index is 12.4. The van der Waals surface area contributed by atoms with E-state index in [1.807, 2.05) is 43.3 Å². The summed E-state index contributed by atoms with van der Waals surface area (Å²) < 4.78 is 5.24. The molecule has 4 nitrogen and oxygen atoms in total. The van der Waals surface area contributed by atoms with E-state index in [1.165, 1.54) is 6.21 Å². The molecule has 3 aromatic carbocycles. The summed E-state index contributed by atoms with van der Waals surface area (Å²) >= 11 is 11.8. The lowest BCUT2D eigenvalue weighted by atomic mass is 9.97. The quantitative estimate of drug-likeness (QED) is 0.459. The number of carbonyl (C=O) groups is 1. The van der Waals surface area contributed by atoms with Gasteiger partial charge in [0.2, 0.25) is 5.91 Å². The summed E-state index contributed by atoms with van der Waals surface area (Å²) in [5, 5.41) is 7.02. The zero-order chi connectivity index (χ0) is 19.4. The van der Waals surface area contributed by atoms with E-state index in [9.17, 15) is 4.79 Å². The number of benzene rings is 3. The monoisotopic (exact) mass is 400 g/mol. The van der Waals surface area contributed by atoms with Crippen molar-refractivity contribution in [3.8, 4) is 5.75 Å². The molecule has 0 aliphatic heterocycles. The maximum atomic E-state index is 12.4. The third-order valence-corrected chi connectivity index (χ3v) is 5.04. The Kier molecular flexibility index (Phi) is 5.99. The number of amides is 1. The Balaban J connectivity index is 1.70. The minimum Gasteiger partial charge on any atom is -0.497 e. The highest BCUT2D eigenvalue weighted by molar-refractivity contribution is 6.42. The van der Waals surface area contributed by atoms with E-state index in [0.717, 1.165) is 27.6 Å². The molecule has 0 aliphatic rings. The Hall–Kier alpha value is -2.56. The van der Waals surface area contributed by atoms with Crippen molar-refractivity contribution >= 4 is 46.1 Å². The van der Waals surface area contributed by atoms with Gasteiger partial charge in [0.1, 0.15) is 5.75 Å². The van der Waals surface area contributed by atoms with Crippen molar-refractivity contribution in [3.63, 3.8) is 0 Å². The Morgan fingerprint density at radius 1 is 1.04 bits per heavy atom. The SMILES string of the molecule is COc1ccc2cc([C@H](C)C(=O)N/N=C\c3ccc(Cl)c(Cl)c3)ccc2c1. The molecule has 0 unspecified atom stereocenters. The number of rotatable bonds is 5. The average molecular weight is 401 g/mol. The summed E-state index contributed by atoms with van der Waals surface area (Å²) in [6.45, 7) is 1.84. The maximum Gasteiger partial charge on any atom is 0.247 e. The summed E-state index contributed by atoms with van der Waals surface area (Å²) in [4.78, 5) is 12.4. The largest absolute Gasteiger partial charge is 0.497 e. The van der Waals surface area contributed by atoms with E-state index < -0.39 is 0 Å². The number of fused-ring (bicyclic) bond motifs is 1. The molecule has 0 saturated heterocycles. The molecule has 3 rings (SSSR count). The predicted octanol–water partition coefficient (Wildman–Crippen LogP) is 5.41. The molecule has 0 spiro atoms. The second-order valence-corrected chi connectivity index (χ2v) is 6.92. The third-order valence-electron chi connectivity index (χ3n) is 4.30. The van der Waals surface area contributed by atoms with Gasteiger partial charge in [-0.2, -0.15) is 5.10 Å². The number of nitrogens with one attached hydrogen (secondary N) is 1. The van der Waals surface area contributed by atoms with E-state index in [1.54, 1.807) is 25.3 Å². The van der Waals surface area contributed by atoms with Crippen molar-refractivity contribution in [2.75, 3.05) is 7.11 Å². The molecule has 0 aliphatic carbocycles. The molecule has 0 bridgehead atoms. The first-order valence-corrected chi connectivity index (χ1v) is 9.09. The summed E-state index contributed by atoms with van der Waals surface area (Å²) in [6.07, 6.45) is 1.53. The van der Waals surface area contributed by atoms with Gasteiger partial charge in [-0.3, -0.25) is 4.79 Å². The highest BCUT2D eigenvalue weighted by atomic mass is 35.5. The van der Waals surface area contributed by atoms with Crippen LogP contribution in [-0.2, 0) is 4.79 Å². The van der Waals surface area contributed by atoms with Gasteiger partial charge in [-0.15, -0.1) is 0 Å². The number of hydrogen-bond acceptors (Lipinski definition) is 3. The number of hydrazone groups is 1. The molecule has 0 fully saturated rings. The molecular formula is C21H18Cl2N2O2. The molecule has 27 heavy (non-hydrogen) atoms. The second-order valence-electron chi connectivity index (χ2n) is 6.10. The standard InChI is InChI=1S/C21H18Cl2N2O2/c1-13(15-4-5-17-11-18(27-2)7-6-16(17)10-15)21(26)25-24-12-14-3-8-19(22)20(23)9-14/h3-13H,1-2H3,(H,25,26)/b24-12-/t13-/m0/s1. The molecule has 0 radical (unpaired) electrons. The molecule has 138 valence electrons. The summed E-state index contributed by atoms with van der Waals surface area (Å²) in [5.74, 6) is 0.263. The van der Waals surface area contributed by atoms with E-state index >= 15 is 0 Å². The molecule has 1 atom stereocenters. The minimum absolute atomic E-state index is 0.195. The first-order chi connectivity index (χ1) is 13.0. The van der Waals surface area contributed by atoms with Gasteiger partial charge in [0.05, 0.1) is 29.3 Å². The van der Waals surface area contributed by atoms with E-state index in [4.69, 9.17) is 27.9 Å². The van der Waals surface area contributed by atoms with Gasteiger partial charge in [-0.25, -0.2) is 5.43 Å². The van der Waals surface area contributed by atoms with Gasteiger partial charge in [0.15, 0.2) is 0 Å². The van der Waals surface area contributed by atoms with Gasteiger partial charge >= 0.3 is 0 Å². The van der Waals surface area contributed by atoms with Crippen LogP contribution in [0.2, 0.25) is 10.0 Å². The number of hydrogen-bond donors (Lipinski definition) is 1. The van der Waals surface area contributed by atoms with Crippen LogP contribution in [0.1, 0.15) is 24.0 Å². The summed E-state index contributed by atoms with van der Waals surface area (Å²) in [7, 11) is 1.64. The zero-order valence-electron chi connectivity index (χ0n) is 14.9. The van der Waals surface area contributed by atoms with Gasteiger partial charge < -0.3 is 4.74 Å². The molecule has 1 N–H and O–H groups in total. The Labute approximate surface area is 167 Å². The van der Waals surface area contributed by atoms with Crippen LogP contribution in [0.5, 0.6) is 5.75 Å². The molecule has 0 saturated carbocycles. The Morgan fingerprint density at radius 3 is 2.52 bits per heavy atom. The molecule has 0 heterocycles. The lowest BCUT2D eigenvalue weighted by Gasteiger charge is -2.11. The van der Waals surface area contributed by atoms with Gasteiger partial charge in [0.25, 0.3) is 0 Å². The van der Waals surface area contributed by atoms with Gasteiger partial charge in [-0.1, -0.05) is 53.5 Å². The van der Waals surface area contributed by atoms with Crippen LogP contribution in [0.3, 0.4) is 0 Å². The Morgan fingerprint density at radius 2 is 1.78 bits per heavy atom. The van der Waals surface area contributed by atoms with E-state index in [-0.39, 0.29) is 11.8 Å². The number of halogens is 2. The van der Waals surface area contributed by atoms with Crippen LogP contribution >= 0.6 is 23.2 Å². The van der Waals surface area contributed by atoms with Crippen LogP contribution in [0.15, 0.2) is 59.7 Å². The Bertz CT molecular complexity index is 1020. The van der Waals surface area contributed by atoms with Crippen LogP contribution in [0, 0.1) is 0 Å². The van der Waals surface area contributed by atoms with Crippen LogP contribution in [-0.4, -0.2) is 19.2 Å². The number of methoxy groups -OCH3 is 1. The molecule has 1 amide bonds. The van der Waals surface area contributed by atoms with Crippen LogP contribution in [0.4, 0.5) is 0 Å². The molecule has 6 heteroatoms. The number of nitrogens with zero attached hydrogens (tertiary/aromatic N) is 1. The lowest BCUT2D eigenvalue weighted by Crippen LogP contribution is -2.23. The van der Waals surface area contributed by atoms with Crippen LogP contribution in [0.25, 0.3) is 10.8 Å². The minimum atomic E-state index is -0.345. The average Bonchev–Trinajstić information content (AvgIpc) is 2.69. The fourth-order valence-electron chi connectivity index (χ4n) is 2.65. The lowest BCUT2D eigenvalue weighted by molar-refractivity contribution is -0.122. The smallest absolute Gasteiger partial charge is 0.247 e. The first-order valence-electron chi connectivity index (χ1n) is 8.33. The van der Waals surface area contributed by atoms with Crippen molar-refractivity contribution in [3.05, 3.63) is 75.8 Å². The fourth-order valence-corrected chi connectivity index (χ4v) is 2.96. The zero-order valence-corrected chi connectivity index (χ0v) is 16.4. The highest BCUT2D eigenvalue weighted by Crippen LogP contribution is 2.25.